The summed E-state index contributed by atoms with van der Waals surface area (Å²) < 4.78 is 10.9. The Hall–Kier alpha value is -2.29. The number of halogens is 1. The van der Waals surface area contributed by atoms with Crippen LogP contribution in [0.3, 0.4) is 0 Å². The highest BCUT2D eigenvalue weighted by Gasteiger charge is 2.18. The molecule has 0 aliphatic carbocycles. The van der Waals surface area contributed by atoms with Crippen LogP contribution in [-0.4, -0.2) is 23.3 Å². The predicted octanol–water partition coefficient (Wildman–Crippen LogP) is 5.90. The van der Waals surface area contributed by atoms with Gasteiger partial charge in [-0.15, -0.1) is 11.6 Å². The number of fused-ring (bicyclic) bond motifs is 1. The molecule has 0 amide bonds. The van der Waals surface area contributed by atoms with Gasteiger partial charge in [-0.1, -0.05) is 24.1 Å². The normalized spacial score (nSPS) is 10.7. The second-order valence-corrected chi connectivity index (χ2v) is 7.32. The zero-order valence-electron chi connectivity index (χ0n) is 15.5. The van der Waals surface area contributed by atoms with E-state index in [0.29, 0.717) is 11.4 Å². The lowest BCUT2D eigenvalue weighted by atomic mass is 10.1. The molecule has 1 aromatic heterocycles. The molecule has 0 atom stereocenters. The molecule has 1 heterocycles. The maximum atomic E-state index is 9.86. The van der Waals surface area contributed by atoms with Crippen LogP contribution in [0.1, 0.15) is 18.9 Å². The highest BCUT2D eigenvalue weighted by molar-refractivity contribution is 8.00. The Morgan fingerprint density at radius 1 is 1.26 bits per heavy atom. The molecule has 0 saturated heterocycles. The molecule has 1 N–H and O–H groups in total. The fraction of sp³-hybridized carbons (Fsp3) is 0.286. The quantitative estimate of drug-likeness (QED) is 0.291. The Morgan fingerprint density at radius 3 is 2.81 bits per heavy atom. The van der Waals surface area contributed by atoms with E-state index in [2.05, 4.69) is 28.3 Å². The van der Waals surface area contributed by atoms with Crippen molar-refractivity contribution in [2.24, 2.45) is 0 Å². The van der Waals surface area contributed by atoms with Crippen LogP contribution in [0, 0.1) is 11.3 Å². The molecular weight excluding hydrogens is 378 g/mol. The van der Waals surface area contributed by atoms with Crippen LogP contribution in [0.5, 0.6) is 5.75 Å². The fourth-order valence-electron chi connectivity index (χ4n) is 3.19. The average Bonchev–Trinajstić information content (AvgIpc) is 3.04. The van der Waals surface area contributed by atoms with E-state index < -0.39 is 0 Å². The maximum Gasteiger partial charge on any atom is 0.120 e. The monoisotopic (exact) mass is 399 g/mol. The number of nitrogens with one attached hydrogen (secondary N) is 1. The number of hydrogen-bond acceptors (Lipinski definition) is 4. The summed E-state index contributed by atoms with van der Waals surface area (Å²) >= 11 is 7.37. The first kappa shape index (κ1) is 19.5. The van der Waals surface area contributed by atoms with Crippen molar-refractivity contribution in [3.63, 3.8) is 0 Å². The molecule has 3 aromatic rings. The van der Waals surface area contributed by atoms with E-state index in [-0.39, 0.29) is 0 Å². The van der Waals surface area contributed by atoms with Gasteiger partial charge in [0.1, 0.15) is 11.8 Å². The zero-order chi connectivity index (χ0) is 19.2. The molecule has 0 unspecified atom stereocenters. The first-order valence-electron chi connectivity index (χ1n) is 8.88. The molecule has 0 radical (unpaired) electrons. The number of aromatic nitrogens is 1. The molecule has 3 rings (SSSR count). The van der Waals surface area contributed by atoms with E-state index in [1.807, 2.05) is 36.4 Å². The van der Waals surface area contributed by atoms with Crippen molar-refractivity contribution >= 4 is 40.1 Å². The number of benzene rings is 2. The molecule has 0 aliphatic heterocycles. The molecule has 0 aliphatic rings. The van der Waals surface area contributed by atoms with Gasteiger partial charge in [-0.3, -0.25) is 0 Å². The Morgan fingerprint density at radius 2 is 2.11 bits per heavy atom. The fourth-order valence-corrected chi connectivity index (χ4v) is 4.17. The maximum absolute atomic E-state index is 9.86. The van der Waals surface area contributed by atoms with E-state index in [4.69, 9.17) is 16.3 Å². The molecule has 0 fully saturated rings. The minimum absolute atomic E-state index is 0.667. The third kappa shape index (κ3) is 4.02. The zero-order valence-corrected chi connectivity index (χ0v) is 17.0. The Labute approximate surface area is 169 Å². The number of aryl methyl sites for hydroxylation is 1. The van der Waals surface area contributed by atoms with Gasteiger partial charge in [-0.05, 0) is 37.6 Å². The number of methoxy groups -OCH3 is 1. The summed E-state index contributed by atoms with van der Waals surface area (Å²) in [6.07, 6.45) is 0.962. The van der Waals surface area contributed by atoms with Gasteiger partial charge >= 0.3 is 0 Å². The summed E-state index contributed by atoms with van der Waals surface area (Å²) in [5, 5.41) is 10.8. The first-order chi connectivity index (χ1) is 13.2. The third-order valence-electron chi connectivity index (χ3n) is 4.41. The lowest BCUT2D eigenvalue weighted by Crippen LogP contribution is -1.98. The van der Waals surface area contributed by atoms with E-state index in [1.165, 1.54) is 0 Å². The smallest absolute Gasteiger partial charge is 0.120 e. The molecule has 0 saturated carbocycles. The molecule has 6 heteroatoms. The van der Waals surface area contributed by atoms with Crippen molar-refractivity contribution in [1.82, 2.24) is 4.57 Å². The van der Waals surface area contributed by atoms with Gasteiger partial charge in [0.05, 0.1) is 23.9 Å². The summed E-state index contributed by atoms with van der Waals surface area (Å²) in [6.45, 7) is 2.86. The van der Waals surface area contributed by atoms with Gasteiger partial charge in [0.15, 0.2) is 0 Å². The third-order valence-corrected chi connectivity index (χ3v) is 5.55. The van der Waals surface area contributed by atoms with Gasteiger partial charge in [-0.25, -0.2) is 0 Å². The van der Waals surface area contributed by atoms with Crippen LogP contribution in [0.15, 0.2) is 42.5 Å². The van der Waals surface area contributed by atoms with Crippen molar-refractivity contribution in [1.29, 1.82) is 5.26 Å². The lowest BCUT2D eigenvalue weighted by molar-refractivity contribution is 0.415. The second kappa shape index (κ2) is 9.07. The number of anilines is 1. The first-order valence-corrected chi connectivity index (χ1v) is 10.4. The van der Waals surface area contributed by atoms with Crippen molar-refractivity contribution in [2.45, 2.75) is 19.9 Å². The van der Waals surface area contributed by atoms with Crippen molar-refractivity contribution in [3.8, 4) is 23.1 Å². The van der Waals surface area contributed by atoms with Crippen LogP contribution in [0.2, 0.25) is 0 Å². The number of rotatable bonds is 8. The second-order valence-electron chi connectivity index (χ2n) is 6.04. The molecule has 2 aromatic carbocycles. The summed E-state index contributed by atoms with van der Waals surface area (Å²) in [6, 6.07) is 16.5. The minimum Gasteiger partial charge on any atom is -0.497 e. The Bertz CT molecular complexity index is 977. The van der Waals surface area contributed by atoms with Gasteiger partial charge in [0.2, 0.25) is 0 Å². The van der Waals surface area contributed by atoms with E-state index in [1.54, 1.807) is 19.1 Å². The van der Waals surface area contributed by atoms with Crippen LogP contribution >= 0.6 is 23.5 Å². The molecule has 0 bridgehead atoms. The number of alkyl halides is 1. The van der Waals surface area contributed by atoms with E-state index in [9.17, 15) is 5.26 Å². The summed E-state index contributed by atoms with van der Waals surface area (Å²) in [5.74, 6) is 2.41. The van der Waals surface area contributed by atoms with Crippen molar-refractivity contribution < 1.29 is 4.74 Å². The number of nitriles is 1. The topological polar surface area (TPSA) is 50.0 Å². The number of hydrogen-bond donors (Lipinski definition) is 1. The van der Waals surface area contributed by atoms with Gasteiger partial charge in [0.25, 0.3) is 0 Å². The number of ether oxygens (including phenoxy) is 1. The molecule has 27 heavy (non-hydrogen) atoms. The van der Waals surface area contributed by atoms with Crippen LogP contribution in [0.25, 0.3) is 22.2 Å². The van der Waals surface area contributed by atoms with Crippen LogP contribution < -0.4 is 9.46 Å². The Kier molecular flexibility index (Phi) is 6.54. The summed E-state index contributed by atoms with van der Waals surface area (Å²) in [4.78, 5) is 0. The molecular formula is C21H22ClN3OS. The summed E-state index contributed by atoms with van der Waals surface area (Å²) in [5.41, 5.74) is 4.69. The molecule has 0 spiro atoms. The van der Waals surface area contributed by atoms with E-state index in [0.717, 1.165) is 52.3 Å². The predicted molar refractivity (Wildman–Crippen MR) is 116 cm³/mol. The number of nitrogens with zero attached hydrogens (tertiary/aromatic N) is 2. The van der Waals surface area contributed by atoms with E-state index >= 15 is 0 Å². The highest BCUT2D eigenvalue weighted by atomic mass is 35.5. The molecule has 4 nitrogen and oxygen atoms in total. The SMILES string of the molecule is CCn1c(-c2cccc(NSCCCCl)c2)c(C#N)c2ccc(OC)cc21. The largest absolute Gasteiger partial charge is 0.497 e. The van der Waals surface area contributed by atoms with Crippen LogP contribution in [0.4, 0.5) is 5.69 Å². The van der Waals surface area contributed by atoms with Crippen molar-refractivity contribution in [2.75, 3.05) is 23.5 Å². The highest BCUT2D eigenvalue weighted by Crippen LogP contribution is 2.36. The van der Waals surface area contributed by atoms with Gasteiger partial charge in [0, 0.05) is 40.9 Å². The average molecular weight is 400 g/mol. The van der Waals surface area contributed by atoms with Crippen LogP contribution in [-0.2, 0) is 6.54 Å². The Balaban J connectivity index is 2.07. The van der Waals surface area contributed by atoms with Gasteiger partial charge < -0.3 is 14.0 Å². The van der Waals surface area contributed by atoms with Crippen molar-refractivity contribution in [3.05, 3.63) is 48.0 Å². The minimum atomic E-state index is 0.667. The lowest BCUT2D eigenvalue weighted by Gasteiger charge is -2.11. The molecule has 140 valence electrons. The summed E-state index contributed by atoms with van der Waals surface area (Å²) in [7, 11) is 1.66. The van der Waals surface area contributed by atoms with Gasteiger partial charge in [-0.2, -0.15) is 5.26 Å². The standard InChI is InChI=1S/C21H22ClN3OS/c1-3-25-20-13-17(26-2)8-9-18(20)19(14-23)21(25)15-6-4-7-16(12-15)24-27-11-5-10-22/h4,6-9,12-13,24H,3,5,10-11H2,1-2H3.